The van der Waals surface area contributed by atoms with Crippen LogP contribution < -0.4 is 15.4 Å². The van der Waals surface area contributed by atoms with E-state index in [1.807, 2.05) is 13.8 Å². The number of benzene rings is 2. The molecule has 3 aromatic rings. The summed E-state index contributed by atoms with van der Waals surface area (Å²) in [6.07, 6.45) is 1.46. The number of para-hydroxylation sites is 1. The Morgan fingerprint density at radius 3 is 2.77 bits per heavy atom. The number of halogens is 2. The standard InChI is InChI=1S/C28H28ClFN4O5/c1-28(2)37-16-18(39-28)15-34-12-11-24(33-34)32-26(35)19(13-17-7-3-5-9-21(17)30)25-23(14-31-27(25)36)38-22-10-6-4-8-20(22)29/h3-12,18-19H,13-16H2,1-2H3,(H,31,36)(H,32,33,35)/t18-,19+/m1/s1. The van der Waals surface area contributed by atoms with Crippen LogP contribution in [-0.2, 0) is 32.0 Å². The second-order valence-corrected chi connectivity index (χ2v) is 10.2. The molecule has 0 spiro atoms. The number of hydrogen-bond acceptors (Lipinski definition) is 6. The second kappa shape index (κ2) is 11.2. The van der Waals surface area contributed by atoms with Crippen molar-refractivity contribution in [1.29, 1.82) is 0 Å². The molecule has 2 aliphatic heterocycles. The number of nitrogens with zero attached hydrogens (tertiary/aromatic N) is 2. The van der Waals surface area contributed by atoms with E-state index in [-0.39, 0.29) is 41.8 Å². The van der Waals surface area contributed by atoms with Crippen molar-refractivity contribution in [2.75, 3.05) is 18.5 Å². The smallest absolute Gasteiger partial charge is 0.251 e. The van der Waals surface area contributed by atoms with Crippen LogP contribution in [0.3, 0.4) is 0 Å². The van der Waals surface area contributed by atoms with Crippen LogP contribution in [-0.4, -0.2) is 46.6 Å². The fourth-order valence-corrected chi connectivity index (χ4v) is 4.77. The molecule has 11 heteroatoms. The number of ether oxygens (including phenoxy) is 3. The van der Waals surface area contributed by atoms with Crippen LogP contribution in [0.1, 0.15) is 19.4 Å². The van der Waals surface area contributed by atoms with E-state index in [4.69, 9.17) is 25.8 Å². The Hall–Kier alpha value is -3.73. The van der Waals surface area contributed by atoms with Crippen molar-refractivity contribution in [3.05, 3.63) is 88.5 Å². The van der Waals surface area contributed by atoms with Gasteiger partial charge in [0, 0.05) is 12.3 Å². The van der Waals surface area contributed by atoms with Crippen LogP contribution in [0.15, 0.2) is 72.1 Å². The van der Waals surface area contributed by atoms with Gasteiger partial charge in [0.05, 0.1) is 36.2 Å². The maximum atomic E-state index is 14.6. The SMILES string of the molecule is CC1(C)OC[C@@H](Cn2ccc(NC(=O)[C@@H](Cc3ccccc3F)C3=C(Oc4ccccc4Cl)CNC3=O)n2)O1. The zero-order chi connectivity index (χ0) is 27.6. The van der Waals surface area contributed by atoms with Crippen LogP contribution in [0.4, 0.5) is 10.2 Å². The molecule has 1 saturated heterocycles. The minimum Gasteiger partial charge on any atom is -0.458 e. The molecule has 204 valence electrons. The van der Waals surface area contributed by atoms with Crippen molar-refractivity contribution in [2.24, 2.45) is 5.92 Å². The Bertz CT molecular complexity index is 1420. The van der Waals surface area contributed by atoms with Crippen molar-refractivity contribution in [3.63, 3.8) is 0 Å². The number of nitrogens with one attached hydrogen (secondary N) is 2. The summed E-state index contributed by atoms with van der Waals surface area (Å²) in [6.45, 7) is 4.61. The van der Waals surface area contributed by atoms with Crippen LogP contribution in [0.2, 0.25) is 5.02 Å². The lowest BCUT2D eigenvalue weighted by molar-refractivity contribution is -0.139. The molecule has 2 N–H and O–H groups in total. The molecule has 1 aromatic heterocycles. The monoisotopic (exact) mass is 554 g/mol. The number of carbonyl (C=O) groups is 2. The minimum absolute atomic E-state index is 0.0644. The van der Waals surface area contributed by atoms with Crippen molar-refractivity contribution >= 4 is 29.2 Å². The minimum atomic E-state index is -1.07. The van der Waals surface area contributed by atoms with E-state index in [1.165, 1.54) is 6.07 Å². The zero-order valence-corrected chi connectivity index (χ0v) is 22.2. The molecule has 5 rings (SSSR count). The summed E-state index contributed by atoms with van der Waals surface area (Å²) in [5.74, 6) is -2.34. The van der Waals surface area contributed by atoms with Gasteiger partial charge in [-0.2, -0.15) is 5.10 Å². The van der Waals surface area contributed by atoms with Gasteiger partial charge in [-0.15, -0.1) is 0 Å². The summed E-state index contributed by atoms with van der Waals surface area (Å²) in [6, 6.07) is 14.6. The highest BCUT2D eigenvalue weighted by molar-refractivity contribution is 6.32. The van der Waals surface area contributed by atoms with Gasteiger partial charge in [-0.3, -0.25) is 14.3 Å². The second-order valence-electron chi connectivity index (χ2n) is 9.76. The summed E-state index contributed by atoms with van der Waals surface area (Å²) in [5.41, 5.74) is 0.391. The van der Waals surface area contributed by atoms with Gasteiger partial charge in [0.2, 0.25) is 5.91 Å². The molecule has 2 amide bonds. The van der Waals surface area contributed by atoms with Crippen molar-refractivity contribution in [3.8, 4) is 5.75 Å². The van der Waals surface area contributed by atoms with Gasteiger partial charge in [0.25, 0.3) is 5.91 Å². The first-order valence-corrected chi connectivity index (χ1v) is 12.9. The van der Waals surface area contributed by atoms with E-state index in [1.54, 1.807) is 59.4 Å². The quantitative estimate of drug-likeness (QED) is 0.413. The maximum absolute atomic E-state index is 14.6. The van der Waals surface area contributed by atoms with Gasteiger partial charge in [0.15, 0.2) is 11.6 Å². The molecule has 0 bridgehead atoms. The predicted octanol–water partition coefficient (Wildman–Crippen LogP) is 4.09. The maximum Gasteiger partial charge on any atom is 0.251 e. The molecule has 2 atom stereocenters. The highest BCUT2D eigenvalue weighted by Gasteiger charge is 2.37. The summed E-state index contributed by atoms with van der Waals surface area (Å²) < 4.78 is 33.7. The average molecular weight is 555 g/mol. The van der Waals surface area contributed by atoms with Crippen LogP contribution in [0, 0.1) is 11.7 Å². The van der Waals surface area contributed by atoms with Crippen LogP contribution in [0.5, 0.6) is 5.75 Å². The number of anilines is 1. The molecule has 0 aliphatic carbocycles. The molecule has 0 saturated carbocycles. The number of amides is 2. The third kappa shape index (κ3) is 6.30. The molecule has 2 aromatic carbocycles. The Morgan fingerprint density at radius 2 is 2.03 bits per heavy atom. The van der Waals surface area contributed by atoms with Crippen LogP contribution in [0.25, 0.3) is 0 Å². The Labute approximate surface area is 229 Å². The van der Waals surface area contributed by atoms with E-state index < -0.39 is 29.3 Å². The first-order valence-electron chi connectivity index (χ1n) is 12.5. The molecule has 2 aliphatic rings. The van der Waals surface area contributed by atoms with E-state index >= 15 is 0 Å². The fourth-order valence-electron chi connectivity index (χ4n) is 4.60. The van der Waals surface area contributed by atoms with E-state index in [0.29, 0.717) is 23.9 Å². The number of carbonyl (C=O) groups excluding carboxylic acids is 2. The first kappa shape index (κ1) is 26.9. The summed E-state index contributed by atoms with van der Waals surface area (Å²) >= 11 is 6.26. The number of rotatable bonds is 9. The Balaban J connectivity index is 1.40. The van der Waals surface area contributed by atoms with Crippen molar-refractivity contribution in [1.82, 2.24) is 15.1 Å². The number of hydrogen-bond donors (Lipinski definition) is 2. The highest BCUT2D eigenvalue weighted by Crippen LogP contribution is 2.31. The summed E-state index contributed by atoms with van der Waals surface area (Å²) in [7, 11) is 0. The molecule has 39 heavy (non-hydrogen) atoms. The first-order chi connectivity index (χ1) is 18.7. The molecular weight excluding hydrogens is 527 g/mol. The summed E-state index contributed by atoms with van der Waals surface area (Å²) in [5, 5.41) is 10.3. The van der Waals surface area contributed by atoms with Crippen LogP contribution >= 0.6 is 11.6 Å². The van der Waals surface area contributed by atoms with Gasteiger partial charge < -0.3 is 24.8 Å². The van der Waals surface area contributed by atoms with Gasteiger partial charge in [-0.1, -0.05) is 41.9 Å². The molecule has 9 nitrogen and oxygen atoms in total. The Kier molecular flexibility index (Phi) is 7.69. The lowest BCUT2D eigenvalue weighted by Crippen LogP contribution is -2.31. The Morgan fingerprint density at radius 1 is 1.26 bits per heavy atom. The topological polar surface area (TPSA) is 104 Å². The lowest BCUT2D eigenvalue weighted by Gasteiger charge is -2.19. The highest BCUT2D eigenvalue weighted by atomic mass is 35.5. The van der Waals surface area contributed by atoms with Crippen molar-refractivity contribution in [2.45, 2.75) is 38.7 Å². The third-order valence-corrected chi connectivity index (χ3v) is 6.73. The van der Waals surface area contributed by atoms with Gasteiger partial charge in [-0.25, -0.2) is 4.39 Å². The van der Waals surface area contributed by atoms with E-state index in [0.717, 1.165) is 0 Å². The van der Waals surface area contributed by atoms with E-state index in [9.17, 15) is 14.0 Å². The van der Waals surface area contributed by atoms with Gasteiger partial charge >= 0.3 is 0 Å². The molecule has 1 fully saturated rings. The van der Waals surface area contributed by atoms with Gasteiger partial charge in [-0.05, 0) is 44.0 Å². The third-order valence-electron chi connectivity index (χ3n) is 6.42. The molecule has 3 heterocycles. The van der Waals surface area contributed by atoms with Gasteiger partial charge in [0.1, 0.15) is 23.4 Å². The molecular formula is C28H28ClFN4O5. The average Bonchev–Trinajstić information content (AvgIpc) is 3.59. The van der Waals surface area contributed by atoms with E-state index in [2.05, 4.69) is 15.7 Å². The number of aromatic nitrogens is 2. The normalized spacial score (nSPS) is 19.2. The molecule has 0 radical (unpaired) electrons. The zero-order valence-electron chi connectivity index (χ0n) is 21.4. The fraction of sp³-hybridized carbons (Fsp3) is 0.321. The molecule has 0 unspecified atom stereocenters. The summed E-state index contributed by atoms with van der Waals surface area (Å²) in [4.78, 5) is 26.6. The largest absolute Gasteiger partial charge is 0.458 e. The predicted molar refractivity (Wildman–Crippen MR) is 141 cm³/mol. The van der Waals surface area contributed by atoms with Crippen molar-refractivity contribution < 1.29 is 28.2 Å². The lowest BCUT2D eigenvalue weighted by atomic mass is 9.90.